The number of aromatic nitrogens is 2. The van der Waals surface area contributed by atoms with Gasteiger partial charge < -0.3 is 0 Å². The molecule has 0 saturated heterocycles. The molecule has 0 atom stereocenters. The van der Waals surface area contributed by atoms with Gasteiger partial charge in [0.1, 0.15) is 0 Å². The maximum atomic E-state index is 12.4. The number of benzene rings is 1. The second-order valence-corrected chi connectivity index (χ2v) is 4.00. The van der Waals surface area contributed by atoms with Crippen molar-refractivity contribution in [3.05, 3.63) is 51.9 Å². The van der Waals surface area contributed by atoms with E-state index in [9.17, 15) is 18.0 Å². The predicted octanol–water partition coefficient (Wildman–Crippen LogP) is 2.50. The zero-order chi connectivity index (χ0) is 13.5. The second kappa shape index (κ2) is 4.04. The van der Waals surface area contributed by atoms with Crippen LogP contribution in [0.3, 0.4) is 0 Å². The molecule has 0 bridgehead atoms. The van der Waals surface area contributed by atoms with Crippen LogP contribution in [0.2, 0.25) is 0 Å². The van der Waals surface area contributed by atoms with Gasteiger partial charge in [0.05, 0.1) is 11.3 Å². The standard InChI is InChI=1S/C12H11F3N2O/c1-8-7-11(18)17(16(8)2)10-5-3-9(4-6-10)12(13,14)15/h3-7H,1-2H3. The number of halogens is 3. The summed E-state index contributed by atoms with van der Waals surface area (Å²) in [6, 6.07) is 5.92. The fraction of sp³-hybridized carbons (Fsp3) is 0.250. The number of nitrogens with zero attached hydrogens (tertiary/aromatic N) is 2. The Bertz CT molecular complexity index is 620. The summed E-state index contributed by atoms with van der Waals surface area (Å²) in [7, 11) is 1.68. The van der Waals surface area contributed by atoms with Gasteiger partial charge in [0.15, 0.2) is 0 Å². The number of aryl methyl sites for hydroxylation is 1. The molecule has 1 heterocycles. The van der Waals surface area contributed by atoms with Crippen LogP contribution < -0.4 is 5.56 Å². The Morgan fingerprint density at radius 3 is 2.06 bits per heavy atom. The first-order valence-corrected chi connectivity index (χ1v) is 5.24. The van der Waals surface area contributed by atoms with E-state index in [1.165, 1.54) is 22.9 Å². The van der Waals surface area contributed by atoms with E-state index in [4.69, 9.17) is 0 Å². The molecule has 0 saturated carbocycles. The van der Waals surface area contributed by atoms with Crippen LogP contribution >= 0.6 is 0 Å². The van der Waals surface area contributed by atoms with Crippen LogP contribution in [0.1, 0.15) is 11.3 Å². The molecule has 6 heteroatoms. The van der Waals surface area contributed by atoms with Gasteiger partial charge in [-0.05, 0) is 31.2 Å². The lowest BCUT2D eigenvalue weighted by atomic mass is 10.2. The molecule has 0 aliphatic rings. The third kappa shape index (κ3) is 2.05. The molecule has 1 aromatic carbocycles. The smallest absolute Gasteiger partial charge is 0.285 e. The summed E-state index contributed by atoms with van der Waals surface area (Å²) in [6.45, 7) is 1.75. The Labute approximate surface area is 101 Å². The van der Waals surface area contributed by atoms with E-state index in [0.29, 0.717) is 5.69 Å². The highest BCUT2D eigenvalue weighted by molar-refractivity contribution is 5.35. The van der Waals surface area contributed by atoms with Crippen LogP contribution in [0.25, 0.3) is 5.69 Å². The summed E-state index contributed by atoms with van der Waals surface area (Å²) in [5.41, 5.74) is 0.142. The Balaban J connectivity index is 2.50. The first kappa shape index (κ1) is 12.5. The van der Waals surface area contributed by atoms with E-state index < -0.39 is 11.7 Å². The normalized spacial score (nSPS) is 11.8. The lowest BCUT2D eigenvalue weighted by molar-refractivity contribution is -0.137. The molecule has 0 spiro atoms. The van der Waals surface area contributed by atoms with Crippen LogP contribution in [-0.4, -0.2) is 9.36 Å². The Kier molecular flexibility index (Phi) is 2.80. The van der Waals surface area contributed by atoms with Gasteiger partial charge >= 0.3 is 6.18 Å². The fourth-order valence-electron chi connectivity index (χ4n) is 1.73. The van der Waals surface area contributed by atoms with Crippen molar-refractivity contribution >= 4 is 0 Å². The number of hydrogen-bond acceptors (Lipinski definition) is 1. The molecule has 0 amide bonds. The third-order valence-electron chi connectivity index (χ3n) is 2.79. The predicted molar refractivity (Wildman–Crippen MR) is 60.7 cm³/mol. The summed E-state index contributed by atoms with van der Waals surface area (Å²) >= 11 is 0. The average Bonchev–Trinajstić information content (AvgIpc) is 2.52. The SMILES string of the molecule is Cc1cc(=O)n(-c2ccc(C(F)(F)F)cc2)n1C. The van der Waals surface area contributed by atoms with Crippen LogP contribution in [0.5, 0.6) is 0 Å². The van der Waals surface area contributed by atoms with Crippen molar-refractivity contribution in [2.24, 2.45) is 7.05 Å². The zero-order valence-corrected chi connectivity index (χ0v) is 9.82. The molecule has 3 nitrogen and oxygen atoms in total. The number of alkyl halides is 3. The molecule has 0 unspecified atom stereocenters. The molecule has 0 radical (unpaired) electrons. The first-order chi connectivity index (χ1) is 8.30. The van der Waals surface area contributed by atoms with Crippen molar-refractivity contribution in [3.8, 4) is 5.69 Å². The molecule has 0 aliphatic carbocycles. The summed E-state index contributed by atoms with van der Waals surface area (Å²) in [5, 5.41) is 0. The van der Waals surface area contributed by atoms with E-state index in [1.807, 2.05) is 0 Å². The van der Waals surface area contributed by atoms with Gasteiger partial charge in [-0.25, -0.2) is 4.68 Å². The van der Waals surface area contributed by atoms with Crippen LogP contribution in [-0.2, 0) is 13.2 Å². The molecule has 0 fully saturated rings. The highest BCUT2D eigenvalue weighted by atomic mass is 19.4. The highest BCUT2D eigenvalue weighted by Crippen LogP contribution is 2.29. The van der Waals surface area contributed by atoms with E-state index in [0.717, 1.165) is 17.8 Å². The topological polar surface area (TPSA) is 26.9 Å². The van der Waals surface area contributed by atoms with Crippen molar-refractivity contribution in [2.45, 2.75) is 13.1 Å². The molecule has 1 aromatic heterocycles. The summed E-state index contributed by atoms with van der Waals surface area (Å²) < 4.78 is 40.1. The molecule has 96 valence electrons. The van der Waals surface area contributed by atoms with Gasteiger partial charge in [-0.15, -0.1) is 0 Å². The minimum atomic E-state index is -4.37. The maximum absolute atomic E-state index is 12.4. The fourth-order valence-corrected chi connectivity index (χ4v) is 1.73. The van der Waals surface area contributed by atoms with E-state index in [-0.39, 0.29) is 5.56 Å². The lowest BCUT2D eigenvalue weighted by Gasteiger charge is -2.10. The minimum absolute atomic E-state index is 0.269. The molecule has 2 rings (SSSR count). The average molecular weight is 256 g/mol. The molecular formula is C12H11F3N2O. The van der Waals surface area contributed by atoms with E-state index >= 15 is 0 Å². The van der Waals surface area contributed by atoms with Crippen molar-refractivity contribution in [2.75, 3.05) is 0 Å². The largest absolute Gasteiger partial charge is 0.416 e. The molecule has 2 aromatic rings. The summed E-state index contributed by atoms with van der Waals surface area (Å²) in [4.78, 5) is 11.7. The van der Waals surface area contributed by atoms with Gasteiger partial charge in [0.2, 0.25) is 0 Å². The van der Waals surface area contributed by atoms with Crippen molar-refractivity contribution in [1.29, 1.82) is 0 Å². The van der Waals surface area contributed by atoms with E-state index in [1.54, 1.807) is 18.7 Å². The van der Waals surface area contributed by atoms with Crippen molar-refractivity contribution in [1.82, 2.24) is 9.36 Å². The minimum Gasteiger partial charge on any atom is -0.285 e. The van der Waals surface area contributed by atoms with Gasteiger partial charge in [-0.2, -0.15) is 13.2 Å². The van der Waals surface area contributed by atoms with Gasteiger partial charge in [0, 0.05) is 18.8 Å². The maximum Gasteiger partial charge on any atom is 0.416 e. The summed E-state index contributed by atoms with van der Waals surface area (Å²) in [5.74, 6) is 0. The van der Waals surface area contributed by atoms with Crippen LogP contribution in [0.15, 0.2) is 35.1 Å². The second-order valence-electron chi connectivity index (χ2n) is 4.00. The van der Waals surface area contributed by atoms with E-state index in [2.05, 4.69) is 0 Å². The van der Waals surface area contributed by atoms with Crippen molar-refractivity contribution < 1.29 is 13.2 Å². The Morgan fingerprint density at radius 2 is 1.67 bits per heavy atom. The molecular weight excluding hydrogens is 245 g/mol. The van der Waals surface area contributed by atoms with Crippen LogP contribution in [0, 0.1) is 6.92 Å². The Morgan fingerprint density at radius 1 is 1.11 bits per heavy atom. The quantitative estimate of drug-likeness (QED) is 0.770. The molecule has 18 heavy (non-hydrogen) atoms. The molecule has 0 N–H and O–H groups in total. The first-order valence-electron chi connectivity index (χ1n) is 5.24. The Hall–Kier alpha value is -1.98. The zero-order valence-electron chi connectivity index (χ0n) is 9.82. The summed E-state index contributed by atoms with van der Waals surface area (Å²) in [6.07, 6.45) is -4.37. The van der Waals surface area contributed by atoms with Gasteiger partial charge in [0.25, 0.3) is 5.56 Å². The number of rotatable bonds is 1. The van der Waals surface area contributed by atoms with Gasteiger partial charge in [-0.1, -0.05) is 0 Å². The third-order valence-corrected chi connectivity index (χ3v) is 2.79. The van der Waals surface area contributed by atoms with Crippen molar-refractivity contribution in [3.63, 3.8) is 0 Å². The number of hydrogen-bond donors (Lipinski definition) is 0. The highest BCUT2D eigenvalue weighted by Gasteiger charge is 2.30. The monoisotopic (exact) mass is 256 g/mol. The lowest BCUT2D eigenvalue weighted by Crippen LogP contribution is -2.19. The van der Waals surface area contributed by atoms with Gasteiger partial charge in [-0.3, -0.25) is 9.48 Å². The molecule has 0 aliphatic heterocycles. The van der Waals surface area contributed by atoms with Crippen LogP contribution in [0.4, 0.5) is 13.2 Å².